The Morgan fingerprint density at radius 3 is 2.55 bits per heavy atom. The molecule has 0 bridgehead atoms. The highest BCUT2D eigenvalue weighted by Gasteiger charge is 2.16. The maximum atomic E-state index is 5.39. The minimum Gasteiger partial charge on any atom is -0.497 e. The van der Waals surface area contributed by atoms with E-state index in [2.05, 4.69) is 43.3 Å². The minimum atomic E-state index is 0.361. The van der Waals surface area contributed by atoms with Crippen LogP contribution >= 0.6 is 0 Å². The van der Waals surface area contributed by atoms with Gasteiger partial charge in [0.15, 0.2) is 0 Å². The molecule has 8 heteroatoms. The van der Waals surface area contributed by atoms with Crippen molar-refractivity contribution in [3.63, 3.8) is 0 Å². The highest BCUT2D eigenvalue weighted by molar-refractivity contribution is 5.57. The Morgan fingerprint density at radius 1 is 1.03 bits per heavy atom. The summed E-state index contributed by atoms with van der Waals surface area (Å²) in [5.41, 5.74) is 3.09. The van der Waals surface area contributed by atoms with Gasteiger partial charge in [-0.25, -0.2) is 9.67 Å². The lowest BCUT2D eigenvalue weighted by atomic mass is 10.2. The third-order valence-corrected chi connectivity index (χ3v) is 4.58. The second kappa shape index (κ2) is 7.75. The predicted octanol–water partition coefficient (Wildman–Crippen LogP) is 3.43. The lowest BCUT2D eigenvalue weighted by molar-refractivity contribution is 0.414. The van der Waals surface area contributed by atoms with E-state index in [9.17, 15) is 0 Å². The third kappa shape index (κ3) is 3.96. The molecule has 0 saturated carbocycles. The summed E-state index contributed by atoms with van der Waals surface area (Å²) < 4.78 is 12.4. The average molecular weight is 390 g/mol. The molecule has 0 N–H and O–H groups in total. The molecule has 0 atom stereocenters. The van der Waals surface area contributed by atoms with E-state index in [-0.39, 0.29) is 0 Å². The Bertz CT molecular complexity index is 1110. The average Bonchev–Trinajstić information content (AvgIpc) is 3.36. The molecule has 0 fully saturated rings. The van der Waals surface area contributed by atoms with E-state index in [4.69, 9.17) is 9.26 Å². The van der Waals surface area contributed by atoms with Crippen molar-refractivity contribution in [1.29, 1.82) is 0 Å². The molecule has 0 saturated heterocycles. The van der Waals surface area contributed by atoms with E-state index in [1.54, 1.807) is 7.11 Å². The van der Waals surface area contributed by atoms with E-state index in [1.165, 1.54) is 0 Å². The van der Waals surface area contributed by atoms with Crippen LogP contribution in [0.1, 0.15) is 11.4 Å². The Morgan fingerprint density at radius 2 is 1.83 bits per heavy atom. The van der Waals surface area contributed by atoms with Crippen molar-refractivity contribution in [1.82, 2.24) is 24.9 Å². The summed E-state index contributed by atoms with van der Waals surface area (Å²) in [4.78, 5) is 11.0. The van der Waals surface area contributed by atoms with Crippen molar-refractivity contribution < 1.29 is 9.26 Å². The first-order valence-corrected chi connectivity index (χ1v) is 9.19. The summed E-state index contributed by atoms with van der Waals surface area (Å²) in [6, 6.07) is 15.7. The lowest BCUT2D eigenvalue weighted by Gasteiger charge is -2.13. The summed E-state index contributed by atoms with van der Waals surface area (Å²) in [7, 11) is 5.67. The van der Waals surface area contributed by atoms with Crippen LogP contribution in [0.4, 0.5) is 5.69 Å². The Kier molecular flexibility index (Phi) is 4.99. The van der Waals surface area contributed by atoms with E-state index in [0.29, 0.717) is 24.1 Å². The molecule has 2 aromatic carbocycles. The first-order chi connectivity index (χ1) is 14.0. The normalized spacial score (nSPS) is 10.9. The number of hydrogen-bond donors (Lipinski definition) is 0. The first-order valence-electron chi connectivity index (χ1n) is 9.19. The monoisotopic (exact) mass is 390 g/mol. The van der Waals surface area contributed by atoms with Crippen molar-refractivity contribution in [2.75, 3.05) is 26.1 Å². The van der Waals surface area contributed by atoms with Crippen molar-refractivity contribution in [2.24, 2.45) is 0 Å². The number of benzene rings is 2. The van der Waals surface area contributed by atoms with Gasteiger partial charge in [-0.2, -0.15) is 4.98 Å². The number of rotatable bonds is 6. The second-order valence-electron chi connectivity index (χ2n) is 6.86. The van der Waals surface area contributed by atoms with Crippen molar-refractivity contribution in [2.45, 2.75) is 13.5 Å². The Balaban J connectivity index is 1.56. The summed E-state index contributed by atoms with van der Waals surface area (Å²) in [6.45, 7) is 2.53. The topological polar surface area (TPSA) is 82.1 Å². The second-order valence-corrected chi connectivity index (χ2v) is 6.86. The molecular weight excluding hydrogens is 368 g/mol. The zero-order valence-electron chi connectivity index (χ0n) is 16.8. The third-order valence-electron chi connectivity index (χ3n) is 4.58. The molecule has 0 aliphatic rings. The zero-order chi connectivity index (χ0) is 20.4. The number of nitrogens with zero attached hydrogens (tertiary/aromatic N) is 6. The van der Waals surface area contributed by atoms with Crippen LogP contribution in [0.15, 0.2) is 53.1 Å². The fourth-order valence-electron chi connectivity index (χ4n) is 2.94. The largest absolute Gasteiger partial charge is 0.497 e. The fourth-order valence-corrected chi connectivity index (χ4v) is 2.94. The number of ether oxygens (including phenoxy) is 1. The quantitative estimate of drug-likeness (QED) is 0.499. The summed E-state index contributed by atoms with van der Waals surface area (Å²) in [5, 5.41) is 8.61. The Labute approximate surface area is 168 Å². The van der Waals surface area contributed by atoms with Crippen LogP contribution in [0.25, 0.3) is 23.1 Å². The molecule has 4 aromatic rings. The highest BCUT2D eigenvalue weighted by Crippen LogP contribution is 2.23. The number of methoxy groups -OCH3 is 1. The van der Waals surface area contributed by atoms with Gasteiger partial charge >= 0.3 is 0 Å². The van der Waals surface area contributed by atoms with Crippen LogP contribution < -0.4 is 9.64 Å². The van der Waals surface area contributed by atoms with Crippen molar-refractivity contribution in [3.05, 3.63) is 59.9 Å². The molecule has 2 aromatic heterocycles. The van der Waals surface area contributed by atoms with Gasteiger partial charge in [0.05, 0.1) is 13.7 Å². The van der Waals surface area contributed by atoms with Gasteiger partial charge in [0.1, 0.15) is 11.6 Å². The standard InChI is InChI=1S/C21H22N6O2/c1-14-22-19(24-27(14)13-15-6-5-7-17(12-15)26(2)3)20-23-21(29-25-20)16-8-10-18(28-4)11-9-16/h5-12H,13H2,1-4H3. The van der Waals surface area contributed by atoms with E-state index in [1.807, 2.05) is 56.0 Å². The highest BCUT2D eigenvalue weighted by atomic mass is 16.5. The molecule has 0 radical (unpaired) electrons. The molecule has 8 nitrogen and oxygen atoms in total. The molecule has 4 rings (SSSR count). The molecule has 0 unspecified atom stereocenters. The van der Waals surface area contributed by atoms with Crippen LogP contribution in [-0.2, 0) is 6.54 Å². The van der Waals surface area contributed by atoms with E-state index < -0.39 is 0 Å². The maximum absolute atomic E-state index is 5.39. The van der Waals surface area contributed by atoms with Gasteiger partial charge in [0, 0.05) is 25.3 Å². The summed E-state index contributed by atoms with van der Waals surface area (Å²) in [6.07, 6.45) is 0. The minimum absolute atomic E-state index is 0.361. The molecule has 0 aliphatic heterocycles. The van der Waals surface area contributed by atoms with E-state index in [0.717, 1.165) is 28.4 Å². The van der Waals surface area contributed by atoms with Gasteiger partial charge < -0.3 is 14.2 Å². The van der Waals surface area contributed by atoms with Crippen LogP contribution in [0.2, 0.25) is 0 Å². The number of aryl methyl sites for hydroxylation is 1. The Hall–Kier alpha value is -3.68. The smallest absolute Gasteiger partial charge is 0.258 e. The van der Waals surface area contributed by atoms with Crippen LogP contribution in [0, 0.1) is 6.92 Å². The van der Waals surface area contributed by atoms with Crippen LogP contribution in [0.3, 0.4) is 0 Å². The van der Waals surface area contributed by atoms with Gasteiger partial charge in [0.25, 0.3) is 5.89 Å². The number of hydrogen-bond acceptors (Lipinski definition) is 7. The summed E-state index contributed by atoms with van der Waals surface area (Å²) in [5.74, 6) is 2.76. The van der Waals surface area contributed by atoms with E-state index >= 15 is 0 Å². The van der Waals surface area contributed by atoms with Gasteiger partial charge in [-0.05, 0) is 48.9 Å². The molecule has 2 heterocycles. The van der Waals surface area contributed by atoms with Gasteiger partial charge in [-0.3, -0.25) is 0 Å². The maximum Gasteiger partial charge on any atom is 0.258 e. The fraction of sp³-hybridized carbons (Fsp3) is 0.238. The van der Waals surface area contributed by atoms with Crippen LogP contribution in [-0.4, -0.2) is 46.1 Å². The van der Waals surface area contributed by atoms with Gasteiger partial charge in [-0.15, -0.1) is 5.10 Å². The molecule has 29 heavy (non-hydrogen) atoms. The van der Waals surface area contributed by atoms with Gasteiger partial charge in [0.2, 0.25) is 11.6 Å². The molecule has 0 aliphatic carbocycles. The number of aromatic nitrogens is 5. The predicted molar refractivity (Wildman–Crippen MR) is 110 cm³/mol. The first kappa shape index (κ1) is 18.7. The molecular formula is C21H22N6O2. The SMILES string of the molecule is COc1ccc(-c2nc(-c3nc(C)n(Cc4cccc(N(C)C)c4)n3)no2)cc1. The molecule has 0 amide bonds. The summed E-state index contributed by atoms with van der Waals surface area (Å²) >= 11 is 0. The molecule has 0 spiro atoms. The number of anilines is 1. The van der Waals surface area contributed by atoms with Gasteiger partial charge in [-0.1, -0.05) is 17.3 Å². The molecule has 148 valence electrons. The van der Waals surface area contributed by atoms with Crippen molar-refractivity contribution in [3.8, 4) is 28.9 Å². The lowest BCUT2D eigenvalue weighted by Crippen LogP contribution is -2.10. The van der Waals surface area contributed by atoms with Crippen molar-refractivity contribution >= 4 is 5.69 Å². The zero-order valence-corrected chi connectivity index (χ0v) is 16.8. The van der Waals surface area contributed by atoms with Crippen LogP contribution in [0.5, 0.6) is 5.75 Å².